The minimum Gasteiger partial charge on any atom is -0.387 e. The largest absolute Gasteiger partial charge is 0.387 e. The van der Waals surface area contributed by atoms with Gasteiger partial charge in [0.1, 0.15) is 0 Å². The Morgan fingerprint density at radius 1 is 1.32 bits per heavy atom. The van der Waals surface area contributed by atoms with E-state index >= 15 is 0 Å². The van der Waals surface area contributed by atoms with Crippen LogP contribution in [0.3, 0.4) is 0 Å². The van der Waals surface area contributed by atoms with Crippen LogP contribution in [-0.2, 0) is 0 Å². The summed E-state index contributed by atoms with van der Waals surface area (Å²) in [5, 5.41) is 9.48. The summed E-state index contributed by atoms with van der Waals surface area (Å²) in [4.78, 5) is 6.67. The highest BCUT2D eigenvalue weighted by atomic mass is 16.3. The predicted molar refractivity (Wildman–Crippen MR) is 79.3 cm³/mol. The second-order valence-corrected chi connectivity index (χ2v) is 6.62. The predicted octanol–water partition coefficient (Wildman–Crippen LogP) is 3.54. The van der Waals surface area contributed by atoms with E-state index in [4.69, 9.17) is 0 Å². The van der Waals surface area contributed by atoms with Crippen molar-refractivity contribution in [3.63, 3.8) is 0 Å². The van der Waals surface area contributed by atoms with Crippen molar-refractivity contribution >= 4 is 5.69 Å². The highest BCUT2D eigenvalue weighted by Gasteiger charge is 2.28. The monoisotopic (exact) mass is 262 g/mol. The average molecular weight is 262 g/mol. The Balaban J connectivity index is 2.02. The molecular weight excluding hydrogens is 236 g/mol. The number of hydrogen-bond donors (Lipinski definition) is 1. The van der Waals surface area contributed by atoms with Crippen molar-refractivity contribution in [3.05, 3.63) is 24.0 Å². The highest BCUT2D eigenvalue weighted by Crippen LogP contribution is 2.37. The fraction of sp³-hybridized carbons (Fsp3) is 0.688. The first-order valence-corrected chi connectivity index (χ1v) is 7.26. The van der Waals surface area contributed by atoms with Crippen LogP contribution in [0.1, 0.15) is 58.3 Å². The molecule has 0 spiro atoms. The summed E-state index contributed by atoms with van der Waals surface area (Å²) >= 11 is 0. The molecule has 3 heteroatoms. The van der Waals surface area contributed by atoms with E-state index in [0.29, 0.717) is 11.5 Å². The van der Waals surface area contributed by atoms with Gasteiger partial charge in [-0.2, -0.15) is 0 Å². The average Bonchev–Trinajstić information content (AvgIpc) is 2.38. The SMILES string of the molecule is CC(O)c1ccc(N(C)C2CCC(C)(C)CC2)cn1. The van der Waals surface area contributed by atoms with Crippen LogP contribution in [-0.4, -0.2) is 23.2 Å². The van der Waals surface area contributed by atoms with Crippen LogP contribution in [0.15, 0.2) is 18.3 Å². The van der Waals surface area contributed by atoms with Gasteiger partial charge in [-0.05, 0) is 50.2 Å². The van der Waals surface area contributed by atoms with Crippen molar-refractivity contribution < 1.29 is 5.11 Å². The van der Waals surface area contributed by atoms with E-state index in [1.54, 1.807) is 6.92 Å². The maximum Gasteiger partial charge on any atom is 0.0931 e. The molecule has 1 heterocycles. The van der Waals surface area contributed by atoms with Gasteiger partial charge in [0.25, 0.3) is 0 Å². The third kappa shape index (κ3) is 3.47. The van der Waals surface area contributed by atoms with Crippen molar-refractivity contribution in [1.82, 2.24) is 4.98 Å². The zero-order valence-electron chi connectivity index (χ0n) is 12.6. The minimum absolute atomic E-state index is 0.491. The summed E-state index contributed by atoms with van der Waals surface area (Å²) in [6.07, 6.45) is 6.47. The third-order valence-corrected chi connectivity index (χ3v) is 4.46. The van der Waals surface area contributed by atoms with Gasteiger partial charge in [-0.25, -0.2) is 0 Å². The maximum atomic E-state index is 9.48. The summed E-state index contributed by atoms with van der Waals surface area (Å²) in [5.41, 5.74) is 2.39. The number of aliphatic hydroxyl groups is 1. The molecule has 1 aliphatic rings. The van der Waals surface area contributed by atoms with Crippen molar-refractivity contribution in [2.45, 2.75) is 58.6 Å². The molecule has 1 N–H and O–H groups in total. The second kappa shape index (κ2) is 5.49. The lowest BCUT2D eigenvalue weighted by Gasteiger charge is -2.39. The standard InChI is InChI=1S/C16H26N2O/c1-12(19)15-6-5-14(11-17-15)18(4)13-7-9-16(2,3)10-8-13/h5-6,11-13,19H,7-10H2,1-4H3. The molecule has 1 fully saturated rings. The summed E-state index contributed by atoms with van der Waals surface area (Å²) in [6, 6.07) is 4.60. The highest BCUT2D eigenvalue weighted by molar-refractivity contribution is 5.45. The van der Waals surface area contributed by atoms with Gasteiger partial charge in [-0.1, -0.05) is 13.8 Å². The fourth-order valence-electron chi connectivity index (χ4n) is 2.84. The van der Waals surface area contributed by atoms with E-state index in [-0.39, 0.29) is 0 Å². The van der Waals surface area contributed by atoms with Gasteiger partial charge in [0.05, 0.1) is 23.7 Å². The first-order chi connectivity index (χ1) is 8.89. The Hall–Kier alpha value is -1.09. The lowest BCUT2D eigenvalue weighted by Crippen LogP contribution is -2.37. The first kappa shape index (κ1) is 14.3. The molecule has 1 aromatic rings. The van der Waals surface area contributed by atoms with Gasteiger partial charge in [0.15, 0.2) is 0 Å². The minimum atomic E-state index is -0.491. The molecule has 1 saturated carbocycles. The van der Waals surface area contributed by atoms with E-state index in [1.165, 1.54) is 25.7 Å². The first-order valence-electron chi connectivity index (χ1n) is 7.26. The Morgan fingerprint density at radius 2 is 1.95 bits per heavy atom. The van der Waals surface area contributed by atoms with Crippen LogP contribution in [0, 0.1) is 5.41 Å². The molecule has 0 aliphatic heterocycles. The van der Waals surface area contributed by atoms with Gasteiger partial charge in [0.2, 0.25) is 0 Å². The molecule has 3 nitrogen and oxygen atoms in total. The molecule has 1 atom stereocenters. The van der Waals surface area contributed by atoms with Crippen molar-refractivity contribution in [2.75, 3.05) is 11.9 Å². The number of pyridine rings is 1. The summed E-state index contributed by atoms with van der Waals surface area (Å²) in [6.45, 7) is 6.47. The Bertz CT molecular complexity index is 401. The number of aliphatic hydroxyl groups excluding tert-OH is 1. The smallest absolute Gasteiger partial charge is 0.0931 e. The zero-order chi connectivity index (χ0) is 14.0. The van der Waals surface area contributed by atoms with Crippen LogP contribution in [0.4, 0.5) is 5.69 Å². The van der Waals surface area contributed by atoms with E-state index in [2.05, 4.69) is 36.8 Å². The summed E-state index contributed by atoms with van der Waals surface area (Å²) in [7, 11) is 2.15. The molecule has 0 saturated heterocycles. The van der Waals surface area contributed by atoms with Gasteiger partial charge in [0, 0.05) is 13.1 Å². The molecule has 0 bridgehead atoms. The molecule has 106 valence electrons. The molecule has 0 aromatic carbocycles. The third-order valence-electron chi connectivity index (χ3n) is 4.46. The molecular formula is C16H26N2O. The lowest BCUT2D eigenvalue weighted by molar-refractivity contribution is 0.194. The fourth-order valence-corrected chi connectivity index (χ4v) is 2.84. The lowest BCUT2D eigenvalue weighted by atomic mass is 9.75. The molecule has 0 radical (unpaired) electrons. The summed E-state index contributed by atoms with van der Waals surface area (Å²) < 4.78 is 0. The van der Waals surface area contributed by atoms with Gasteiger partial charge < -0.3 is 10.0 Å². The van der Waals surface area contributed by atoms with Gasteiger partial charge >= 0.3 is 0 Å². The maximum absolute atomic E-state index is 9.48. The molecule has 1 aromatic heterocycles. The van der Waals surface area contributed by atoms with Crippen LogP contribution < -0.4 is 4.90 Å². The van der Waals surface area contributed by atoms with Crippen LogP contribution in [0.5, 0.6) is 0 Å². The van der Waals surface area contributed by atoms with Crippen molar-refractivity contribution in [3.8, 4) is 0 Å². The topological polar surface area (TPSA) is 36.4 Å². The van der Waals surface area contributed by atoms with Crippen LogP contribution in [0.2, 0.25) is 0 Å². The Labute approximate surface area is 116 Å². The number of nitrogens with zero attached hydrogens (tertiary/aromatic N) is 2. The Morgan fingerprint density at radius 3 is 2.42 bits per heavy atom. The quantitative estimate of drug-likeness (QED) is 0.905. The zero-order valence-corrected chi connectivity index (χ0v) is 12.6. The number of aromatic nitrogens is 1. The number of hydrogen-bond acceptors (Lipinski definition) is 3. The van der Waals surface area contributed by atoms with Gasteiger partial charge in [-0.3, -0.25) is 4.98 Å². The molecule has 2 rings (SSSR count). The van der Waals surface area contributed by atoms with Crippen LogP contribution >= 0.6 is 0 Å². The van der Waals surface area contributed by atoms with Crippen LogP contribution in [0.25, 0.3) is 0 Å². The van der Waals surface area contributed by atoms with E-state index < -0.39 is 6.10 Å². The van der Waals surface area contributed by atoms with Crippen molar-refractivity contribution in [2.24, 2.45) is 5.41 Å². The molecule has 1 aliphatic carbocycles. The molecule has 19 heavy (non-hydrogen) atoms. The van der Waals surface area contributed by atoms with Crippen molar-refractivity contribution in [1.29, 1.82) is 0 Å². The van der Waals surface area contributed by atoms with Gasteiger partial charge in [-0.15, -0.1) is 0 Å². The second-order valence-electron chi connectivity index (χ2n) is 6.62. The van der Waals surface area contributed by atoms with E-state index in [0.717, 1.165) is 11.4 Å². The number of anilines is 1. The van der Waals surface area contributed by atoms with E-state index in [1.807, 2.05) is 12.3 Å². The normalized spacial score (nSPS) is 21.1. The summed E-state index contributed by atoms with van der Waals surface area (Å²) in [5.74, 6) is 0. The molecule has 1 unspecified atom stereocenters. The van der Waals surface area contributed by atoms with E-state index in [9.17, 15) is 5.11 Å². The Kier molecular flexibility index (Phi) is 4.14. The number of rotatable bonds is 3. The molecule has 0 amide bonds.